The fourth-order valence-corrected chi connectivity index (χ4v) is 4.11. The summed E-state index contributed by atoms with van der Waals surface area (Å²) >= 11 is 8.36. The molecular weight excluding hydrogens is 490 g/mol. The minimum atomic E-state index is -1.21. The molecule has 1 aliphatic heterocycles. The molecule has 1 heterocycles. The van der Waals surface area contributed by atoms with Crippen molar-refractivity contribution in [2.45, 2.75) is 96.1 Å². The molecule has 1 fully saturated rings. The number of nitrogens with one attached hydrogen (secondary N) is 3. The highest BCUT2D eigenvalue weighted by molar-refractivity contribution is 7.80. The van der Waals surface area contributed by atoms with Crippen LogP contribution in [0.3, 0.4) is 0 Å². The van der Waals surface area contributed by atoms with E-state index in [9.17, 15) is 24.3 Å². The minimum Gasteiger partial charge on any atom is -0.457 e. The maximum atomic E-state index is 13.0. The highest BCUT2D eigenvalue weighted by Crippen LogP contribution is 2.16. The van der Waals surface area contributed by atoms with Gasteiger partial charge in [0.1, 0.15) is 18.2 Å². The number of carbonyl (C=O) groups is 4. The van der Waals surface area contributed by atoms with Crippen LogP contribution in [0, 0.1) is 5.92 Å². The first-order valence-corrected chi connectivity index (χ1v) is 13.6. The molecule has 1 rings (SSSR count). The van der Waals surface area contributed by atoms with Crippen LogP contribution in [0.5, 0.6) is 0 Å². The number of rotatable bonds is 9. The lowest BCUT2D eigenvalue weighted by Gasteiger charge is -2.30. The molecule has 9 nitrogen and oxygen atoms in total. The Bertz CT molecular complexity index is 736. The summed E-state index contributed by atoms with van der Waals surface area (Å²) in [7, 11) is 0. The number of unbranched alkanes of at least 4 members (excludes halogenated alkanes) is 1. The maximum Gasteiger partial charge on any atom is 0.309 e. The van der Waals surface area contributed by atoms with Crippen LogP contribution in [0.25, 0.3) is 0 Å². The predicted octanol–water partition coefficient (Wildman–Crippen LogP) is 1.55. The average Bonchev–Trinajstić information content (AvgIpc) is 2.82. The molecule has 0 saturated carbocycles. The van der Waals surface area contributed by atoms with Gasteiger partial charge in [-0.3, -0.25) is 19.2 Å². The largest absolute Gasteiger partial charge is 0.457 e. The van der Waals surface area contributed by atoms with Crippen molar-refractivity contribution in [3.8, 4) is 0 Å². The number of thiol groups is 2. The van der Waals surface area contributed by atoms with Crippen LogP contribution in [-0.2, 0) is 23.9 Å². The Morgan fingerprint density at radius 3 is 2.34 bits per heavy atom. The Hall–Kier alpha value is -1.72. The number of amides is 3. The number of cyclic esters (lactones) is 1. The highest BCUT2D eigenvalue weighted by atomic mass is 32.1. The average molecular weight is 532 g/mol. The molecule has 4 N–H and O–H groups in total. The molecule has 1 aliphatic rings. The van der Waals surface area contributed by atoms with Crippen molar-refractivity contribution in [2.75, 3.05) is 11.5 Å². The summed E-state index contributed by atoms with van der Waals surface area (Å²) in [5, 5.41) is 19.0. The zero-order chi connectivity index (χ0) is 26.4. The number of hydrogen-bond donors (Lipinski definition) is 6. The van der Waals surface area contributed by atoms with Crippen molar-refractivity contribution in [3.63, 3.8) is 0 Å². The van der Waals surface area contributed by atoms with Crippen LogP contribution in [0.15, 0.2) is 12.2 Å². The van der Waals surface area contributed by atoms with E-state index in [2.05, 4.69) is 41.2 Å². The number of hydrogen-bond acceptors (Lipinski definition) is 8. The zero-order valence-electron chi connectivity index (χ0n) is 20.9. The second kappa shape index (κ2) is 16.9. The van der Waals surface area contributed by atoms with E-state index in [1.165, 1.54) is 0 Å². The fraction of sp³-hybridized carbons (Fsp3) is 0.750. The fourth-order valence-electron chi connectivity index (χ4n) is 3.70. The van der Waals surface area contributed by atoms with Crippen molar-refractivity contribution < 1.29 is 29.0 Å². The molecule has 0 unspecified atom stereocenters. The first-order chi connectivity index (χ1) is 16.7. The molecule has 6 atom stereocenters. The molecule has 1 saturated heterocycles. The first-order valence-electron chi connectivity index (χ1n) is 12.3. The molecule has 0 spiro atoms. The molecule has 0 aromatic heterocycles. The second-order valence-corrected chi connectivity index (χ2v) is 9.68. The number of allylic oxidation sites excluding steroid dienone is 1. The normalized spacial score (nSPS) is 28.3. The van der Waals surface area contributed by atoms with Gasteiger partial charge < -0.3 is 25.8 Å². The lowest BCUT2D eigenvalue weighted by atomic mass is 9.92. The Morgan fingerprint density at radius 1 is 1.06 bits per heavy atom. The van der Waals surface area contributed by atoms with Crippen LogP contribution < -0.4 is 16.0 Å². The molecule has 0 aromatic carbocycles. The second-order valence-electron chi connectivity index (χ2n) is 8.87. The molecular formula is C24H41N3O6S2. The van der Waals surface area contributed by atoms with E-state index < -0.39 is 54.0 Å². The topological polar surface area (TPSA) is 134 Å². The van der Waals surface area contributed by atoms with Gasteiger partial charge in [0.25, 0.3) is 0 Å². The third kappa shape index (κ3) is 11.3. The quantitative estimate of drug-likeness (QED) is 0.152. The van der Waals surface area contributed by atoms with E-state index in [-0.39, 0.29) is 24.5 Å². The van der Waals surface area contributed by atoms with Gasteiger partial charge in [0.2, 0.25) is 17.7 Å². The smallest absolute Gasteiger partial charge is 0.309 e. The minimum absolute atomic E-state index is 0.0232. The van der Waals surface area contributed by atoms with Crippen molar-refractivity contribution in [3.05, 3.63) is 12.2 Å². The van der Waals surface area contributed by atoms with E-state index in [4.69, 9.17) is 4.74 Å². The van der Waals surface area contributed by atoms with E-state index in [0.29, 0.717) is 31.4 Å². The van der Waals surface area contributed by atoms with Crippen LogP contribution in [0.1, 0.15) is 65.7 Å². The van der Waals surface area contributed by atoms with Crippen molar-refractivity contribution in [1.82, 2.24) is 16.0 Å². The monoisotopic (exact) mass is 531 g/mol. The molecule has 0 aromatic rings. The Labute approximate surface area is 219 Å². The summed E-state index contributed by atoms with van der Waals surface area (Å²) in [5.74, 6) is -1.70. The molecule has 0 aliphatic carbocycles. The van der Waals surface area contributed by atoms with Gasteiger partial charge >= 0.3 is 5.97 Å². The molecule has 200 valence electrons. The van der Waals surface area contributed by atoms with E-state index >= 15 is 0 Å². The van der Waals surface area contributed by atoms with Gasteiger partial charge in [-0.1, -0.05) is 46.1 Å². The maximum absolute atomic E-state index is 13.0. The number of aliphatic hydroxyl groups excluding tert-OH is 1. The summed E-state index contributed by atoms with van der Waals surface area (Å²) in [4.78, 5) is 51.4. The number of ether oxygens (including phenoxy) is 1. The molecule has 0 bridgehead atoms. The molecule has 0 radical (unpaired) electrons. The van der Waals surface area contributed by atoms with Crippen molar-refractivity contribution in [2.24, 2.45) is 5.92 Å². The van der Waals surface area contributed by atoms with Gasteiger partial charge in [0.15, 0.2) is 0 Å². The zero-order valence-corrected chi connectivity index (χ0v) is 22.7. The summed E-state index contributed by atoms with van der Waals surface area (Å²) in [5.41, 5.74) is 0. The Kier molecular flexibility index (Phi) is 15.1. The van der Waals surface area contributed by atoms with Crippen LogP contribution in [-0.4, -0.2) is 70.6 Å². The van der Waals surface area contributed by atoms with Crippen molar-refractivity contribution >= 4 is 48.9 Å². The van der Waals surface area contributed by atoms with Gasteiger partial charge in [-0.15, -0.1) is 0 Å². The highest BCUT2D eigenvalue weighted by Gasteiger charge is 2.33. The van der Waals surface area contributed by atoms with Gasteiger partial charge in [0.05, 0.1) is 25.0 Å². The molecule has 11 heteroatoms. The lowest BCUT2D eigenvalue weighted by Crippen LogP contribution is -2.58. The summed E-state index contributed by atoms with van der Waals surface area (Å²) in [6.07, 6.45) is 3.94. The van der Waals surface area contributed by atoms with E-state index in [1.807, 2.05) is 20.8 Å². The first kappa shape index (κ1) is 31.3. The van der Waals surface area contributed by atoms with Crippen LogP contribution >= 0.6 is 25.3 Å². The van der Waals surface area contributed by atoms with Crippen molar-refractivity contribution in [1.29, 1.82) is 0 Å². The predicted molar refractivity (Wildman–Crippen MR) is 141 cm³/mol. The summed E-state index contributed by atoms with van der Waals surface area (Å²) < 4.78 is 5.49. The van der Waals surface area contributed by atoms with Crippen LogP contribution in [0.2, 0.25) is 0 Å². The summed E-state index contributed by atoms with van der Waals surface area (Å²) in [6, 6.07) is -2.56. The number of carbonyl (C=O) groups excluding carboxylic acids is 4. The van der Waals surface area contributed by atoms with E-state index in [1.54, 1.807) is 12.2 Å². The summed E-state index contributed by atoms with van der Waals surface area (Å²) in [6.45, 7) is 5.74. The third-order valence-electron chi connectivity index (χ3n) is 5.99. The van der Waals surface area contributed by atoms with E-state index in [0.717, 1.165) is 6.42 Å². The van der Waals surface area contributed by atoms with Gasteiger partial charge in [0, 0.05) is 5.75 Å². The molecule has 35 heavy (non-hydrogen) atoms. The Balaban J connectivity index is 3.30. The third-order valence-corrected chi connectivity index (χ3v) is 6.61. The number of aliphatic hydroxyl groups is 1. The SMILES string of the molecule is CCCC[C@H]1NC(=O)C[C@@H](/C=C/CCS)OC(=O)C[C@H](O)[C@@H]([C@@H](C)CC)NC(=O)[C@@H](CS)NC1=O. The van der Waals surface area contributed by atoms with Crippen LogP contribution in [0.4, 0.5) is 0 Å². The Morgan fingerprint density at radius 2 is 1.74 bits per heavy atom. The van der Waals surface area contributed by atoms with Gasteiger partial charge in [-0.25, -0.2) is 0 Å². The standard InChI is InChI=1S/C24H41N3O6S2/c1-4-6-10-17-23(31)26-18(14-35)24(32)27-22(15(3)5-2)19(28)13-21(30)33-16(9-7-8-11-34)12-20(29)25-17/h7,9,15-19,22,28,34-35H,4-6,8,10-14H2,1-3H3,(H,25,29)(H,26,31)(H,27,32)/b9-7+/t15-,16+,17+,18+,19-,22+/m0/s1. The number of esters is 1. The lowest BCUT2D eigenvalue weighted by molar-refractivity contribution is -0.151. The van der Waals surface area contributed by atoms with Gasteiger partial charge in [-0.2, -0.15) is 25.3 Å². The van der Waals surface area contributed by atoms with Gasteiger partial charge in [-0.05, 0) is 30.6 Å². The molecule has 3 amide bonds.